The molecule has 2 aromatic carbocycles. The number of ether oxygens (including phenoxy) is 4. The Bertz CT molecular complexity index is 1620. The monoisotopic (exact) mass is 559 g/mol. The van der Waals surface area contributed by atoms with Crippen molar-refractivity contribution in [2.75, 3.05) is 28.4 Å². The molecule has 2 aromatic heterocycles. The van der Waals surface area contributed by atoms with E-state index >= 15 is 0 Å². The summed E-state index contributed by atoms with van der Waals surface area (Å²) in [5, 5.41) is 12.6. The van der Waals surface area contributed by atoms with E-state index in [1.165, 1.54) is 18.0 Å². The Morgan fingerprint density at radius 3 is 1.82 bits per heavy atom. The molecule has 210 valence electrons. The third kappa shape index (κ3) is 6.10. The molecule has 10 nitrogen and oxygen atoms in total. The van der Waals surface area contributed by atoms with Crippen LogP contribution in [0.5, 0.6) is 23.0 Å². The molecule has 0 spiro atoms. The lowest BCUT2D eigenvalue weighted by Gasteiger charge is -2.12. The summed E-state index contributed by atoms with van der Waals surface area (Å²) < 4.78 is 52.9. The minimum Gasteiger partial charge on any atom is -0.549 e. The molecule has 2 heterocycles. The highest BCUT2D eigenvalue weighted by molar-refractivity contribution is 7.87. The second-order valence-corrected chi connectivity index (χ2v) is 10.3. The van der Waals surface area contributed by atoms with Crippen LogP contribution in [0.3, 0.4) is 0 Å². The SMILES string of the molecule is CCC(C(=O)[O-])S(=O)(=O)O.CCCc1c2cc(OC)c(OC)cc2cc2c3cc(OC)c(OC)cc3cc[n+]12. The number of carboxylic acids is 1. The lowest BCUT2D eigenvalue weighted by Crippen LogP contribution is -2.40. The average molecular weight is 560 g/mol. The van der Waals surface area contributed by atoms with Gasteiger partial charge < -0.3 is 28.8 Å². The van der Waals surface area contributed by atoms with Gasteiger partial charge in [0.25, 0.3) is 10.1 Å². The minimum absolute atomic E-state index is 0.193. The first-order valence-electron chi connectivity index (χ1n) is 12.3. The molecule has 0 saturated heterocycles. The van der Waals surface area contributed by atoms with Gasteiger partial charge in [-0.05, 0) is 47.9 Å². The smallest absolute Gasteiger partial charge is 0.273 e. The minimum atomic E-state index is -4.48. The average Bonchev–Trinajstić information content (AvgIpc) is 2.90. The number of hydrogen-bond donors (Lipinski definition) is 1. The first-order valence-corrected chi connectivity index (χ1v) is 13.8. The van der Waals surface area contributed by atoms with Crippen molar-refractivity contribution >= 4 is 43.1 Å². The number of fused-ring (bicyclic) bond motifs is 4. The summed E-state index contributed by atoms with van der Waals surface area (Å²) in [5.74, 6) is 1.14. The summed E-state index contributed by atoms with van der Waals surface area (Å²) in [6.45, 7) is 3.52. The van der Waals surface area contributed by atoms with Crippen LogP contribution in [0.2, 0.25) is 0 Å². The summed E-state index contributed by atoms with van der Waals surface area (Å²) in [4.78, 5) is 9.93. The van der Waals surface area contributed by atoms with Gasteiger partial charge in [-0.2, -0.15) is 12.8 Å². The molecule has 0 bridgehead atoms. The Balaban J connectivity index is 0.000000360. The van der Waals surface area contributed by atoms with E-state index in [1.54, 1.807) is 28.4 Å². The highest BCUT2D eigenvalue weighted by Crippen LogP contribution is 2.37. The molecule has 0 aliphatic rings. The summed E-state index contributed by atoms with van der Waals surface area (Å²) in [6, 6.07) is 12.5. The fourth-order valence-electron chi connectivity index (χ4n) is 4.53. The number of hydrogen-bond acceptors (Lipinski definition) is 8. The predicted molar refractivity (Wildman–Crippen MR) is 145 cm³/mol. The number of carbonyl (C=O) groups excluding carboxylic acids is 1. The number of rotatable bonds is 9. The number of methoxy groups -OCH3 is 4. The van der Waals surface area contributed by atoms with Crippen LogP contribution < -0.4 is 28.5 Å². The van der Waals surface area contributed by atoms with Gasteiger partial charge in [-0.3, -0.25) is 4.55 Å². The fourth-order valence-corrected chi connectivity index (χ4v) is 5.20. The maximum atomic E-state index is 10.1. The largest absolute Gasteiger partial charge is 0.549 e. The van der Waals surface area contributed by atoms with Crippen molar-refractivity contribution in [1.29, 1.82) is 0 Å². The van der Waals surface area contributed by atoms with Crippen LogP contribution in [0, 0.1) is 0 Å². The second-order valence-electron chi connectivity index (χ2n) is 8.73. The molecular formula is C28H33NO9S. The molecule has 0 aliphatic heterocycles. The molecule has 39 heavy (non-hydrogen) atoms. The number of benzene rings is 2. The van der Waals surface area contributed by atoms with Crippen molar-refractivity contribution in [2.24, 2.45) is 0 Å². The van der Waals surface area contributed by atoms with Crippen molar-refractivity contribution < 1.29 is 46.2 Å². The van der Waals surface area contributed by atoms with Gasteiger partial charge in [-0.1, -0.05) is 13.8 Å². The Hall–Kier alpha value is -3.83. The highest BCUT2D eigenvalue weighted by Gasteiger charge is 2.22. The standard InChI is InChI=1S/C24H26NO4.C4H8O5S/c1-6-7-19-18-14-24(29-5)22(27-3)12-16(18)10-20-17-13-23(28-4)21(26-2)11-15(17)8-9-25(19)20;1-2-3(4(5)6)10(7,8)9/h8-14H,6-7H2,1-5H3;3H,2H2,1H3,(H,5,6)(H,7,8,9)/q+1;/p-1. The third-order valence-electron chi connectivity index (χ3n) is 6.42. The van der Waals surface area contributed by atoms with Gasteiger partial charge in [0.1, 0.15) is 5.25 Å². The van der Waals surface area contributed by atoms with Crippen molar-refractivity contribution in [3.8, 4) is 23.0 Å². The summed E-state index contributed by atoms with van der Waals surface area (Å²) in [7, 11) is 2.18. The molecule has 0 radical (unpaired) electrons. The number of aryl methyl sites for hydroxylation is 1. The van der Waals surface area contributed by atoms with E-state index in [4.69, 9.17) is 23.5 Å². The number of pyridine rings is 2. The van der Waals surface area contributed by atoms with Crippen LogP contribution in [0.1, 0.15) is 32.4 Å². The van der Waals surface area contributed by atoms with Crippen molar-refractivity contribution in [1.82, 2.24) is 0 Å². The van der Waals surface area contributed by atoms with E-state index in [9.17, 15) is 18.3 Å². The zero-order valence-electron chi connectivity index (χ0n) is 22.8. The Morgan fingerprint density at radius 2 is 1.38 bits per heavy atom. The Morgan fingerprint density at radius 1 is 0.872 bits per heavy atom. The molecule has 1 N–H and O–H groups in total. The van der Waals surface area contributed by atoms with Crippen molar-refractivity contribution in [3.63, 3.8) is 0 Å². The van der Waals surface area contributed by atoms with Crippen molar-refractivity contribution in [3.05, 3.63) is 48.3 Å². The molecular weight excluding hydrogens is 526 g/mol. The van der Waals surface area contributed by atoms with E-state index in [0.29, 0.717) is 0 Å². The van der Waals surface area contributed by atoms with Crippen LogP contribution >= 0.6 is 0 Å². The van der Waals surface area contributed by atoms with Gasteiger partial charge in [-0.15, -0.1) is 0 Å². The fraction of sp³-hybridized carbons (Fsp3) is 0.357. The maximum absolute atomic E-state index is 10.1. The van der Waals surface area contributed by atoms with Crippen LogP contribution in [0.25, 0.3) is 27.1 Å². The number of carboxylic acid groups (broad SMARTS) is 1. The van der Waals surface area contributed by atoms with Gasteiger partial charge in [0.05, 0.1) is 45.2 Å². The van der Waals surface area contributed by atoms with E-state index in [1.807, 2.05) is 18.2 Å². The first-order chi connectivity index (χ1) is 18.5. The van der Waals surface area contributed by atoms with E-state index < -0.39 is 21.3 Å². The molecule has 11 heteroatoms. The second kappa shape index (κ2) is 12.4. The third-order valence-corrected chi connectivity index (χ3v) is 7.67. The van der Waals surface area contributed by atoms with Gasteiger partial charge >= 0.3 is 0 Å². The Labute approximate surface area is 227 Å². The van der Waals surface area contributed by atoms with Crippen LogP contribution in [-0.2, 0) is 21.3 Å². The van der Waals surface area contributed by atoms with Crippen LogP contribution in [0.15, 0.2) is 42.6 Å². The molecule has 0 aliphatic carbocycles. The highest BCUT2D eigenvalue weighted by atomic mass is 32.2. The quantitative estimate of drug-likeness (QED) is 0.142. The van der Waals surface area contributed by atoms with E-state index in [0.717, 1.165) is 57.5 Å². The first kappa shape index (κ1) is 29.7. The normalized spacial score (nSPS) is 12.1. The van der Waals surface area contributed by atoms with Crippen LogP contribution in [-0.4, -0.2) is 52.6 Å². The summed E-state index contributed by atoms with van der Waals surface area (Å²) in [6.07, 6.45) is 3.93. The van der Waals surface area contributed by atoms with Crippen molar-refractivity contribution in [2.45, 2.75) is 38.4 Å². The van der Waals surface area contributed by atoms with Gasteiger partial charge in [-0.25, -0.2) is 0 Å². The lowest BCUT2D eigenvalue weighted by atomic mass is 10.0. The van der Waals surface area contributed by atoms with Crippen LogP contribution in [0.4, 0.5) is 0 Å². The van der Waals surface area contributed by atoms with E-state index in [2.05, 4.69) is 35.7 Å². The van der Waals surface area contributed by atoms with Gasteiger partial charge in [0.15, 0.2) is 34.9 Å². The topological polar surface area (TPSA) is 136 Å². The number of carbonyl (C=O) groups is 1. The van der Waals surface area contributed by atoms with Gasteiger partial charge in [0, 0.05) is 18.6 Å². The molecule has 1 atom stereocenters. The van der Waals surface area contributed by atoms with E-state index in [-0.39, 0.29) is 6.42 Å². The molecule has 0 saturated carbocycles. The molecule has 0 amide bonds. The maximum Gasteiger partial charge on any atom is 0.273 e. The summed E-state index contributed by atoms with van der Waals surface area (Å²) >= 11 is 0. The number of nitrogens with zero attached hydrogens (tertiary/aromatic N) is 1. The molecule has 0 fully saturated rings. The number of aliphatic carboxylic acids is 1. The van der Waals surface area contributed by atoms with Gasteiger partial charge in [0.2, 0.25) is 5.52 Å². The summed E-state index contributed by atoms with van der Waals surface area (Å²) in [5.41, 5.74) is 2.37. The number of aromatic nitrogens is 1. The molecule has 4 aromatic rings. The Kier molecular flexibility index (Phi) is 9.41. The lowest BCUT2D eigenvalue weighted by molar-refractivity contribution is -0.518. The zero-order valence-corrected chi connectivity index (χ0v) is 23.6. The predicted octanol–water partition coefficient (Wildman–Crippen LogP) is 3.12. The molecule has 1 unspecified atom stereocenters. The molecule has 4 rings (SSSR count). The zero-order chi connectivity index (χ0) is 28.9.